The van der Waals surface area contributed by atoms with Crippen molar-refractivity contribution in [2.75, 3.05) is 39.2 Å². The molecule has 0 saturated carbocycles. The van der Waals surface area contributed by atoms with Gasteiger partial charge in [-0.25, -0.2) is 4.98 Å². The smallest absolute Gasteiger partial charge is 0.261 e. The zero-order chi connectivity index (χ0) is 22.5. The fourth-order valence-electron chi connectivity index (χ4n) is 5.38. The predicted molar refractivity (Wildman–Crippen MR) is 129 cm³/mol. The van der Waals surface area contributed by atoms with Crippen LogP contribution in [0.15, 0.2) is 41.2 Å². The van der Waals surface area contributed by atoms with E-state index in [0.29, 0.717) is 34.3 Å². The van der Waals surface area contributed by atoms with Crippen LogP contribution < -0.4 is 20.3 Å². The summed E-state index contributed by atoms with van der Waals surface area (Å²) >= 11 is 0. The Balaban J connectivity index is 1.58. The molecule has 2 aromatic heterocycles. The number of hydrogen-bond donors (Lipinski definition) is 3. The van der Waals surface area contributed by atoms with E-state index in [1.165, 1.54) is 12.8 Å². The maximum atomic E-state index is 13.4. The number of nitrogens with zero attached hydrogens (tertiary/aromatic N) is 2. The van der Waals surface area contributed by atoms with Gasteiger partial charge >= 0.3 is 0 Å². The summed E-state index contributed by atoms with van der Waals surface area (Å²) in [6.45, 7) is 3.28. The van der Waals surface area contributed by atoms with Gasteiger partial charge in [0.1, 0.15) is 11.4 Å². The van der Waals surface area contributed by atoms with Gasteiger partial charge in [-0.15, -0.1) is 0 Å². The molecule has 5 heterocycles. The SMILES string of the molecule is COc1cc2[nH]c(=O)c(-c3nc4ccccc4[nH]3)c(NC3CN4CCC3CC4)c2cc1OC. The normalized spacial score (nSPS) is 22.1. The van der Waals surface area contributed by atoms with Crippen molar-refractivity contribution in [2.45, 2.75) is 18.9 Å². The molecule has 3 aliphatic heterocycles. The van der Waals surface area contributed by atoms with Crippen molar-refractivity contribution in [1.82, 2.24) is 19.9 Å². The Morgan fingerprint density at radius 3 is 2.48 bits per heavy atom. The van der Waals surface area contributed by atoms with Crippen LogP contribution >= 0.6 is 0 Å². The fraction of sp³-hybridized carbons (Fsp3) is 0.360. The topological polar surface area (TPSA) is 95.3 Å². The number of ether oxygens (including phenoxy) is 2. The summed E-state index contributed by atoms with van der Waals surface area (Å²) in [5.74, 6) is 2.33. The van der Waals surface area contributed by atoms with Crippen molar-refractivity contribution < 1.29 is 9.47 Å². The highest BCUT2D eigenvalue weighted by Crippen LogP contribution is 2.39. The number of nitrogens with one attached hydrogen (secondary N) is 3. The number of rotatable bonds is 5. The fourth-order valence-corrected chi connectivity index (χ4v) is 5.38. The lowest BCUT2D eigenvalue weighted by Crippen LogP contribution is -2.53. The van der Waals surface area contributed by atoms with Gasteiger partial charge in [-0.05, 0) is 50.0 Å². The second-order valence-electron chi connectivity index (χ2n) is 8.95. The molecule has 4 aromatic rings. The number of piperidine rings is 3. The van der Waals surface area contributed by atoms with Crippen LogP contribution in [0.2, 0.25) is 0 Å². The molecule has 1 unspecified atom stereocenters. The Morgan fingerprint density at radius 1 is 1.03 bits per heavy atom. The third kappa shape index (κ3) is 3.33. The van der Waals surface area contributed by atoms with Gasteiger partial charge in [-0.1, -0.05) is 12.1 Å². The first-order chi connectivity index (χ1) is 16.1. The summed E-state index contributed by atoms with van der Waals surface area (Å²) in [5.41, 5.74) is 3.52. The predicted octanol–water partition coefficient (Wildman–Crippen LogP) is 3.59. The number of H-pyrrole nitrogens is 2. The molecule has 2 bridgehead atoms. The molecule has 3 saturated heterocycles. The van der Waals surface area contributed by atoms with Gasteiger partial charge in [0.15, 0.2) is 11.5 Å². The lowest BCUT2D eigenvalue weighted by Gasteiger charge is -2.45. The first kappa shape index (κ1) is 20.1. The second-order valence-corrected chi connectivity index (χ2v) is 8.95. The molecule has 3 aliphatic rings. The quantitative estimate of drug-likeness (QED) is 0.435. The lowest BCUT2D eigenvalue weighted by molar-refractivity contribution is 0.0976. The molecule has 3 N–H and O–H groups in total. The van der Waals surface area contributed by atoms with Crippen LogP contribution in [0.1, 0.15) is 12.8 Å². The number of imidazole rings is 1. The Hall–Kier alpha value is -3.52. The Labute approximate surface area is 190 Å². The summed E-state index contributed by atoms with van der Waals surface area (Å²) < 4.78 is 11.1. The van der Waals surface area contributed by atoms with E-state index in [1.807, 2.05) is 36.4 Å². The van der Waals surface area contributed by atoms with Crippen LogP contribution in [0.4, 0.5) is 5.69 Å². The van der Waals surface area contributed by atoms with Crippen molar-refractivity contribution in [2.24, 2.45) is 5.92 Å². The minimum Gasteiger partial charge on any atom is -0.493 e. The van der Waals surface area contributed by atoms with Crippen LogP contribution in [0, 0.1) is 5.92 Å². The summed E-state index contributed by atoms with van der Waals surface area (Å²) in [7, 11) is 3.22. The highest BCUT2D eigenvalue weighted by Gasteiger charge is 2.35. The number of fused-ring (bicyclic) bond motifs is 5. The van der Waals surface area contributed by atoms with E-state index >= 15 is 0 Å². The third-order valence-electron chi connectivity index (χ3n) is 7.13. The molecule has 0 aliphatic carbocycles. The summed E-state index contributed by atoms with van der Waals surface area (Å²) in [5, 5.41) is 4.65. The number of benzene rings is 2. The molecule has 2 aromatic carbocycles. The van der Waals surface area contributed by atoms with E-state index < -0.39 is 0 Å². The van der Waals surface area contributed by atoms with Gasteiger partial charge < -0.3 is 29.7 Å². The molecule has 8 nitrogen and oxygen atoms in total. The van der Waals surface area contributed by atoms with Gasteiger partial charge in [0.05, 0.1) is 36.5 Å². The minimum atomic E-state index is -0.197. The maximum absolute atomic E-state index is 13.4. The third-order valence-corrected chi connectivity index (χ3v) is 7.13. The monoisotopic (exact) mass is 445 g/mol. The average Bonchev–Trinajstić information content (AvgIpc) is 3.27. The van der Waals surface area contributed by atoms with Crippen LogP contribution in [0.5, 0.6) is 11.5 Å². The Kier molecular flexibility index (Phi) is 4.76. The van der Waals surface area contributed by atoms with Gasteiger partial charge in [0, 0.05) is 24.0 Å². The van der Waals surface area contributed by atoms with Crippen molar-refractivity contribution in [3.63, 3.8) is 0 Å². The van der Waals surface area contributed by atoms with Gasteiger partial charge in [0.2, 0.25) is 0 Å². The van der Waals surface area contributed by atoms with Crippen LogP contribution in [-0.4, -0.2) is 59.7 Å². The van der Waals surface area contributed by atoms with Crippen molar-refractivity contribution in [1.29, 1.82) is 0 Å². The summed E-state index contributed by atoms with van der Waals surface area (Å²) in [4.78, 5) is 27.1. The number of aromatic amines is 2. The number of anilines is 1. The summed E-state index contributed by atoms with van der Waals surface area (Å²) in [6, 6.07) is 11.8. The number of pyridine rings is 1. The molecule has 0 spiro atoms. The van der Waals surface area contributed by atoms with Gasteiger partial charge in [-0.2, -0.15) is 0 Å². The van der Waals surface area contributed by atoms with E-state index in [-0.39, 0.29) is 11.6 Å². The first-order valence-corrected chi connectivity index (χ1v) is 11.4. The molecule has 33 heavy (non-hydrogen) atoms. The molecule has 170 valence electrons. The van der Waals surface area contributed by atoms with Crippen LogP contribution in [0.3, 0.4) is 0 Å². The average molecular weight is 446 g/mol. The first-order valence-electron chi connectivity index (χ1n) is 11.4. The standard InChI is InChI=1S/C25H27N5O3/c1-32-20-11-15-18(12-21(20)33-2)29-25(31)22(24-27-16-5-3-4-6-17(16)28-24)23(15)26-19-13-30-9-7-14(19)8-10-30/h3-6,11-12,14,19H,7-10,13H2,1-2H3,(H,27,28)(H2,26,29,31). The van der Waals surface area contributed by atoms with E-state index in [2.05, 4.69) is 20.2 Å². The van der Waals surface area contributed by atoms with Gasteiger partial charge in [-0.3, -0.25) is 4.79 Å². The molecule has 7 rings (SSSR count). The molecular weight excluding hydrogens is 418 g/mol. The molecule has 3 fully saturated rings. The minimum absolute atomic E-state index is 0.197. The highest BCUT2D eigenvalue weighted by atomic mass is 16.5. The van der Waals surface area contributed by atoms with Gasteiger partial charge in [0.25, 0.3) is 5.56 Å². The maximum Gasteiger partial charge on any atom is 0.261 e. The Bertz CT molecular complexity index is 1370. The molecule has 8 heteroatoms. The zero-order valence-electron chi connectivity index (χ0n) is 18.8. The van der Waals surface area contributed by atoms with E-state index in [4.69, 9.17) is 14.5 Å². The van der Waals surface area contributed by atoms with Crippen molar-refractivity contribution >= 4 is 27.6 Å². The molecule has 0 radical (unpaired) electrons. The van der Waals surface area contributed by atoms with E-state index in [1.54, 1.807) is 14.2 Å². The summed E-state index contributed by atoms with van der Waals surface area (Å²) in [6.07, 6.45) is 2.35. The van der Waals surface area contributed by atoms with Crippen molar-refractivity contribution in [3.8, 4) is 22.9 Å². The number of para-hydroxylation sites is 2. The zero-order valence-corrected chi connectivity index (χ0v) is 18.8. The molecule has 1 atom stereocenters. The largest absolute Gasteiger partial charge is 0.493 e. The van der Waals surface area contributed by atoms with Crippen LogP contribution in [-0.2, 0) is 0 Å². The molecular formula is C25H27N5O3. The Morgan fingerprint density at radius 2 is 1.79 bits per heavy atom. The highest BCUT2D eigenvalue weighted by molar-refractivity contribution is 6.00. The van der Waals surface area contributed by atoms with E-state index in [0.717, 1.165) is 41.7 Å². The van der Waals surface area contributed by atoms with Crippen molar-refractivity contribution in [3.05, 3.63) is 46.8 Å². The molecule has 0 amide bonds. The number of aromatic nitrogens is 3. The lowest BCUT2D eigenvalue weighted by atomic mass is 9.83. The number of methoxy groups -OCH3 is 2. The van der Waals surface area contributed by atoms with Crippen LogP contribution in [0.25, 0.3) is 33.3 Å². The number of hydrogen-bond acceptors (Lipinski definition) is 6. The van der Waals surface area contributed by atoms with E-state index in [9.17, 15) is 4.79 Å². The second kappa shape index (κ2) is 7.81.